The lowest BCUT2D eigenvalue weighted by atomic mass is 9.95. The Bertz CT molecular complexity index is 429. The van der Waals surface area contributed by atoms with Crippen LogP contribution in [0, 0.1) is 0 Å². The lowest BCUT2D eigenvalue weighted by molar-refractivity contribution is -0.143. The van der Waals surface area contributed by atoms with Gasteiger partial charge in [-0.15, -0.1) is 0 Å². The van der Waals surface area contributed by atoms with Gasteiger partial charge >= 0.3 is 11.9 Å². The molecule has 0 N–H and O–H groups in total. The smallest absolute Gasteiger partial charge is 0.307 e. The molecule has 1 aliphatic carbocycles. The number of hydrogen-bond acceptors (Lipinski definition) is 4. The summed E-state index contributed by atoms with van der Waals surface area (Å²) in [5.41, 5.74) is 1.74. The number of ether oxygens (including phenoxy) is 2. The molecule has 0 saturated carbocycles. The third-order valence-corrected chi connectivity index (χ3v) is 2.49. The lowest BCUT2D eigenvalue weighted by Crippen LogP contribution is -2.21. The first-order valence-electron chi connectivity index (χ1n) is 5.81. The van der Waals surface area contributed by atoms with E-state index in [0.29, 0.717) is 18.6 Å². The number of carbonyl (C=O) groups excluding carboxylic acids is 2. The van der Waals surface area contributed by atoms with Gasteiger partial charge in [-0.3, -0.25) is 9.59 Å². The molecule has 0 fully saturated rings. The molecule has 4 nitrogen and oxygen atoms in total. The molecule has 0 spiro atoms. The highest BCUT2D eigenvalue weighted by molar-refractivity contribution is 5.68. The van der Waals surface area contributed by atoms with Gasteiger partial charge in [0.25, 0.3) is 0 Å². The second-order valence-corrected chi connectivity index (χ2v) is 4.30. The summed E-state index contributed by atoms with van der Waals surface area (Å²) in [7, 11) is 0. The monoisotopic (exact) mass is 250 g/mol. The summed E-state index contributed by atoms with van der Waals surface area (Å²) in [4.78, 5) is 21.8. The molecule has 4 heteroatoms. The van der Waals surface area contributed by atoms with Crippen LogP contribution in [0.4, 0.5) is 0 Å². The predicted molar refractivity (Wildman–Crippen MR) is 67.5 cm³/mol. The molecule has 0 radical (unpaired) electrons. The zero-order chi connectivity index (χ0) is 13.7. The van der Waals surface area contributed by atoms with Crippen molar-refractivity contribution >= 4 is 11.9 Å². The fraction of sp³-hybridized carbons (Fsp3) is 0.429. The molecule has 0 bridgehead atoms. The van der Waals surface area contributed by atoms with Crippen LogP contribution in [0.5, 0.6) is 0 Å². The summed E-state index contributed by atoms with van der Waals surface area (Å²) >= 11 is 0. The van der Waals surface area contributed by atoms with Crippen molar-refractivity contribution in [2.45, 2.75) is 39.7 Å². The zero-order valence-electron chi connectivity index (χ0n) is 11.0. The third-order valence-electron chi connectivity index (χ3n) is 2.49. The van der Waals surface area contributed by atoms with Crippen molar-refractivity contribution < 1.29 is 19.1 Å². The Morgan fingerprint density at radius 1 is 1.17 bits per heavy atom. The summed E-state index contributed by atoms with van der Waals surface area (Å²) in [5.74, 6) is -0.0252. The Morgan fingerprint density at radius 3 is 2.22 bits per heavy atom. The fourth-order valence-electron chi connectivity index (χ4n) is 1.78. The van der Waals surface area contributed by atoms with E-state index in [1.54, 1.807) is 6.08 Å². The van der Waals surface area contributed by atoms with E-state index in [1.807, 2.05) is 13.0 Å². The van der Waals surface area contributed by atoms with E-state index in [2.05, 4.69) is 6.58 Å². The Hall–Kier alpha value is -1.84. The number of allylic oxidation sites excluding steroid dienone is 3. The molecule has 0 aromatic heterocycles. The van der Waals surface area contributed by atoms with E-state index >= 15 is 0 Å². The van der Waals surface area contributed by atoms with Crippen LogP contribution < -0.4 is 0 Å². The van der Waals surface area contributed by atoms with Crippen LogP contribution in [0.15, 0.2) is 35.6 Å². The summed E-state index contributed by atoms with van der Waals surface area (Å²) in [6.45, 7) is 8.39. The summed E-state index contributed by atoms with van der Waals surface area (Å²) in [6, 6.07) is 0. The second-order valence-electron chi connectivity index (χ2n) is 4.30. The van der Waals surface area contributed by atoms with Crippen LogP contribution in [-0.2, 0) is 19.1 Å². The Labute approximate surface area is 107 Å². The lowest BCUT2D eigenvalue weighted by Gasteiger charge is -2.23. The maximum absolute atomic E-state index is 11.0. The molecule has 0 saturated heterocycles. The second kappa shape index (κ2) is 6.19. The van der Waals surface area contributed by atoms with Gasteiger partial charge in [0.15, 0.2) is 0 Å². The molecule has 0 aromatic carbocycles. The quantitative estimate of drug-likeness (QED) is 0.568. The molecule has 1 unspecified atom stereocenters. The number of carbonyl (C=O) groups is 2. The average Bonchev–Trinajstić information content (AvgIpc) is 2.26. The van der Waals surface area contributed by atoms with Gasteiger partial charge in [0.2, 0.25) is 0 Å². The van der Waals surface area contributed by atoms with E-state index in [1.165, 1.54) is 13.8 Å². The van der Waals surface area contributed by atoms with Crippen molar-refractivity contribution in [3.63, 3.8) is 0 Å². The zero-order valence-corrected chi connectivity index (χ0v) is 11.0. The molecule has 0 aliphatic heterocycles. The number of hydrogen-bond donors (Lipinski definition) is 0. The highest BCUT2D eigenvalue weighted by Gasteiger charge is 2.20. The normalized spacial score (nSPS) is 16.2. The Morgan fingerprint density at radius 2 is 1.83 bits per heavy atom. The first-order valence-corrected chi connectivity index (χ1v) is 5.81. The minimum atomic E-state index is -0.391. The van der Waals surface area contributed by atoms with Crippen LogP contribution >= 0.6 is 0 Å². The van der Waals surface area contributed by atoms with Crippen molar-refractivity contribution in [2.75, 3.05) is 0 Å². The summed E-state index contributed by atoms with van der Waals surface area (Å²) < 4.78 is 10.2. The largest absolute Gasteiger partial charge is 0.453 e. The number of rotatable bonds is 4. The van der Waals surface area contributed by atoms with Crippen LogP contribution in [0.2, 0.25) is 0 Å². The van der Waals surface area contributed by atoms with Gasteiger partial charge in [-0.25, -0.2) is 0 Å². The van der Waals surface area contributed by atoms with Gasteiger partial charge in [0.05, 0.1) is 0 Å². The fourth-order valence-corrected chi connectivity index (χ4v) is 1.78. The van der Waals surface area contributed by atoms with Crippen molar-refractivity contribution in [3.8, 4) is 0 Å². The Balaban J connectivity index is 2.80. The highest BCUT2D eigenvalue weighted by atomic mass is 16.5. The van der Waals surface area contributed by atoms with Crippen LogP contribution in [0.1, 0.15) is 33.6 Å². The topological polar surface area (TPSA) is 52.6 Å². The van der Waals surface area contributed by atoms with E-state index < -0.39 is 6.10 Å². The molecule has 0 heterocycles. The number of esters is 2. The minimum Gasteiger partial charge on any atom is -0.453 e. The average molecular weight is 250 g/mol. The Kier molecular flexibility index (Phi) is 4.89. The standard InChI is InChI=1S/C14H18O4/c1-9(2)14(18-11(4)16)12-5-7-13(8-6-12)17-10(3)15/h5,7,14H,1,6,8H2,2-4H3. The van der Waals surface area contributed by atoms with Gasteiger partial charge in [-0.1, -0.05) is 12.7 Å². The van der Waals surface area contributed by atoms with Gasteiger partial charge in [0.1, 0.15) is 11.9 Å². The highest BCUT2D eigenvalue weighted by Crippen LogP contribution is 2.26. The van der Waals surface area contributed by atoms with Crippen molar-refractivity contribution in [1.29, 1.82) is 0 Å². The molecule has 98 valence electrons. The predicted octanol–water partition coefficient (Wildman–Crippen LogP) is 2.66. The van der Waals surface area contributed by atoms with E-state index in [4.69, 9.17) is 9.47 Å². The van der Waals surface area contributed by atoms with Gasteiger partial charge < -0.3 is 9.47 Å². The molecule has 1 atom stereocenters. The molecular weight excluding hydrogens is 232 g/mol. The molecule has 1 rings (SSSR count). The summed E-state index contributed by atoms with van der Waals surface area (Å²) in [6.07, 6.45) is 4.47. The van der Waals surface area contributed by atoms with E-state index in [0.717, 1.165) is 11.1 Å². The van der Waals surface area contributed by atoms with E-state index in [9.17, 15) is 9.59 Å². The van der Waals surface area contributed by atoms with Crippen LogP contribution in [0.25, 0.3) is 0 Å². The first kappa shape index (κ1) is 14.2. The third kappa shape index (κ3) is 4.20. The summed E-state index contributed by atoms with van der Waals surface area (Å²) in [5, 5.41) is 0. The van der Waals surface area contributed by atoms with Crippen LogP contribution in [-0.4, -0.2) is 18.0 Å². The SMILES string of the molecule is C=C(C)C(OC(C)=O)C1=CC=C(OC(C)=O)CC1. The van der Waals surface area contributed by atoms with Crippen molar-refractivity contribution in [2.24, 2.45) is 0 Å². The molecule has 0 aromatic rings. The van der Waals surface area contributed by atoms with Crippen molar-refractivity contribution in [1.82, 2.24) is 0 Å². The van der Waals surface area contributed by atoms with Gasteiger partial charge in [-0.2, -0.15) is 0 Å². The van der Waals surface area contributed by atoms with Gasteiger partial charge in [0, 0.05) is 20.3 Å². The maximum Gasteiger partial charge on any atom is 0.307 e. The van der Waals surface area contributed by atoms with Crippen LogP contribution in [0.3, 0.4) is 0 Å². The molecule has 1 aliphatic rings. The first-order chi connectivity index (χ1) is 8.40. The van der Waals surface area contributed by atoms with Gasteiger partial charge in [-0.05, 0) is 30.6 Å². The molecular formula is C14H18O4. The minimum absolute atomic E-state index is 0.325. The van der Waals surface area contributed by atoms with Crippen molar-refractivity contribution in [3.05, 3.63) is 35.6 Å². The maximum atomic E-state index is 11.0. The molecule has 18 heavy (non-hydrogen) atoms. The molecule has 0 amide bonds. The van der Waals surface area contributed by atoms with E-state index in [-0.39, 0.29) is 11.9 Å².